The number of ether oxygens (including phenoxy) is 1. The van der Waals surface area contributed by atoms with E-state index < -0.39 is 0 Å². The maximum atomic E-state index is 12.3. The molecular weight excluding hydrogens is 342 g/mol. The van der Waals surface area contributed by atoms with Gasteiger partial charge in [-0.25, -0.2) is 4.79 Å². The SMILES string of the molecule is CCCn1cc(NC(=O)N2CC(Oc3ccccc3Cl)C2)ccc1=O. The number of likely N-dealkylation sites (tertiary alicyclic amines) is 1. The van der Waals surface area contributed by atoms with Crippen LogP contribution in [0.25, 0.3) is 0 Å². The molecule has 0 saturated carbocycles. The Morgan fingerprint density at radius 2 is 2.04 bits per heavy atom. The standard InChI is InChI=1S/C18H20ClN3O3/c1-2-9-21-10-13(7-8-17(21)23)20-18(24)22-11-14(12-22)25-16-6-4-3-5-15(16)19/h3-8,10,14H,2,9,11-12H2,1H3,(H,20,24). The summed E-state index contributed by atoms with van der Waals surface area (Å²) in [6.45, 7) is 3.61. The van der Waals surface area contributed by atoms with Crippen molar-refractivity contribution in [2.24, 2.45) is 0 Å². The van der Waals surface area contributed by atoms with Gasteiger partial charge in [-0.2, -0.15) is 0 Å². The monoisotopic (exact) mass is 361 g/mol. The number of benzene rings is 1. The third-order valence-corrected chi connectivity index (χ3v) is 4.28. The van der Waals surface area contributed by atoms with E-state index in [2.05, 4.69) is 5.32 Å². The van der Waals surface area contributed by atoms with Gasteiger partial charge in [0, 0.05) is 18.8 Å². The number of urea groups is 1. The molecule has 1 saturated heterocycles. The van der Waals surface area contributed by atoms with Crippen molar-refractivity contribution in [1.82, 2.24) is 9.47 Å². The van der Waals surface area contributed by atoms with Crippen molar-refractivity contribution in [3.63, 3.8) is 0 Å². The van der Waals surface area contributed by atoms with Gasteiger partial charge in [-0.15, -0.1) is 0 Å². The average molecular weight is 362 g/mol. The van der Waals surface area contributed by atoms with Crippen molar-refractivity contribution in [3.05, 3.63) is 58.0 Å². The topological polar surface area (TPSA) is 63.6 Å². The summed E-state index contributed by atoms with van der Waals surface area (Å²) in [5.74, 6) is 0.626. The van der Waals surface area contributed by atoms with Crippen LogP contribution in [0.4, 0.5) is 10.5 Å². The van der Waals surface area contributed by atoms with Gasteiger partial charge in [-0.1, -0.05) is 30.7 Å². The molecule has 1 aliphatic rings. The molecular formula is C18H20ClN3O3. The molecule has 132 valence electrons. The van der Waals surface area contributed by atoms with Gasteiger partial charge in [0.05, 0.1) is 23.8 Å². The van der Waals surface area contributed by atoms with E-state index in [0.717, 1.165) is 6.42 Å². The summed E-state index contributed by atoms with van der Waals surface area (Å²) in [6, 6.07) is 10.1. The summed E-state index contributed by atoms with van der Waals surface area (Å²) in [7, 11) is 0. The van der Waals surface area contributed by atoms with Crippen LogP contribution in [0.2, 0.25) is 5.02 Å². The average Bonchev–Trinajstić information content (AvgIpc) is 2.55. The van der Waals surface area contributed by atoms with Crippen LogP contribution in [-0.4, -0.2) is 34.7 Å². The lowest BCUT2D eigenvalue weighted by Gasteiger charge is -2.38. The predicted molar refractivity (Wildman–Crippen MR) is 97.5 cm³/mol. The van der Waals surface area contributed by atoms with Gasteiger partial charge < -0.3 is 19.5 Å². The highest BCUT2D eigenvalue weighted by molar-refractivity contribution is 6.32. The van der Waals surface area contributed by atoms with E-state index in [0.29, 0.717) is 36.1 Å². The number of hydrogen-bond acceptors (Lipinski definition) is 3. The number of carbonyl (C=O) groups excluding carboxylic acids is 1. The fourth-order valence-electron chi connectivity index (χ4n) is 2.62. The number of aryl methyl sites for hydroxylation is 1. The molecule has 0 unspecified atom stereocenters. The Hall–Kier alpha value is -2.47. The molecule has 1 N–H and O–H groups in total. The molecule has 6 nitrogen and oxygen atoms in total. The van der Waals surface area contributed by atoms with Crippen LogP contribution in [0, 0.1) is 0 Å². The van der Waals surface area contributed by atoms with Crippen molar-refractivity contribution in [3.8, 4) is 5.75 Å². The number of para-hydroxylation sites is 1. The lowest BCUT2D eigenvalue weighted by atomic mass is 10.2. The van der Waals surface area contributed by atoms with E-state index in [1.807, 2.05) is 25.1 Å². The Morgan fingerprint density at radius 1 is 1.28 bits per heavy atom. The normalized spacial score (nSPS) is 14.1. The highest BCUT2D eigenvalue weighted by atomic mass is 35.5. The number of rotatable bonds is 5. The van der Waals surface area contributed by atoms with Gasteiger partial charge in [0.1, 0.15) is 11.9 Å². The van der Waals surface area contributed by atoms with Gasteiger partial charge in [0.25, 0.3) is 5.56 Å². The van der Waals surface area contributed by atoms with E-state index in [4.69, 9.17) is 16.3 Å². The lowest BCUT2D eigenvalue weighted by molar-refractivity contribution is 0.0493. The predicted octanol–water partition coefficient (Wildman–Crippen LogP) is 3.21. The Bertz CT molecular complexity index is 815. The van der Waals surface area contributed by atoms with Crippen molar-refractivity contribution in [2.45, 2.75) is 26.0 Å². The third-order valence-electron chi connectivity index (χ3n) is 3.96. The summed E-state index contributed by atoms with van der Waals surface area (Å²) in [5, 5.41) is 3.37. The summed E-state index contributed by atoms with van der Waals surface area (Å²) >= 11 is 6.06. The molecule has 2 heterocycles. The molecule has 0 aliphatic carbocycles. The second-order valence-electron chi connectivity index (χ2n) is 5.95. The fourth-order valence-corrected chi connectivity index (χ4v) is 2.80. The van der Waals surface area contributed by atoms with Crippen LogP contribution < -0.4 is 15.6 Å². The zero-order valence-electron chi connectivity index (χ0n) is 13.9. The zero-order chi connectivity index (χ0) is 17.8. The van der Waals surface area contributed by atoms with E-state index in [-0.39, 0.29) is 17.7 Å². The van der Waals surface area contributed by atoms with E-state index >= 15 is 0 Å². The van der Waals surface area contributed by atoms with Gasteiger partial charge in [-0.3, -0.25) is 4.79 Å². The van der Waals surface area contributed by atoms with Crippen molar-refractivity contribution in [1.29, 1.82) is 0 Å². The minimum atomic E-state index is -0.208. The number of amides is 2. The van der Waals surface area contributed by atoms with Crippen LogP contribution in [0.15, 0.2) is 47.4 Å². The minimum Gasteiger partial charge on any atom is -0.485 e. The highest BCUT2D eigenvalue weighted by Gasteiger charge is 2.32. The summed E-state index contributed by atoms with van der Waals surface area (Å²) in [6.07, 6.45) is 2.45. The lowest BCUT2D eigenvalue weighted by Crippen LogP contribution is -2.57. The zero-order valence-corrected chi connectivity index (χ0v) is 14.7. The largest absolute Gasteiger partial charge is 0.485 e. The van der Waals surface area contributed by atoms with Crippen LogP contribution in [0.1, 0.15) is 13.3 Å². The molecule has 0 atom stereocenters. The van der Waals surface area contributed by atoms with Crippen molar-refractivity contribution >= 4 is 23.3 Å². The van der Waals surface area contributed by atoms with E-state index in [1.54, 1.807) is 27.8 Å². The first-order chi connectivity index (χ1) is 12.1. The number of carbonyl (C=O) groups is 1. The fraction of sp³-hybridized carbons (Fsp3) is 0.333. The first-order valence-electron chi connectivity index (χ1n) is 8.24. The molecule has 0 radical (unpaired) electrons. The van der Waals surface area contributed by atoms with Crippen LogP contribution in [0.3, 0.4) is 0 Å². The van der Waals surface area contributed by atoms with E-state index in [9.17, 15) is 9.59 Å². The quantitative estimate of drug-likeness (QED) is 0.889. The first kappa shape index (κ1) is 17.4. The number of nitrogens with one attached hydrogen (secondary N) is 1. The molecule has 1 aromatic heterocycles. The second kappa shape index (κ2) is 7.61. The number of hydrogen-bond donors (Lipinski definition) is 1. The van der Waals surface area contributed by atoms with Crippen LogP contribution in [0.5, 0.6) is 5.75 Å². The van der Waals surface area contributed by atoms with Gasteiger partial charge >= 0.3 is 6.03 Å². The minimum absolute atomic E-state index is 0.0697. The second-order valence-corrected chi connectivity index (χ2v) is 6.36. The number of aromatic nitrogens is 1. The van der Waals surface area contributed by atoms with Gasteiger partial charge in [-0.05, 0) is 24.6 Å². The molecule has 0 spiro atoms. The van der Waals surface area contributed by atoms with Crippen LogP contribution in [-0.2, 0) is 6.54 Å². The maximum absolute atomic E-state index is 12.3. The summed E-state index contributed by atoms with van der Waals surface area (Å²) in [5.41, 5.74) is 0.533. The highest BCUT2D eigenvalue weighted by Crippen LogP contribution is 2.26. The third kappa shape index (κ3) is 4.14. The molecule has 0 bridgehead atoms. The Labute approximate surface area is 151 Å². The Balaban J connectivity index is 1.53. The maximum Gasteiger partial charge on any atom is 0.322 e. The molecule has 1 fully saturated rings. The molecule has 3 rings (SSSR count). The van der Waals surface area contributed by atoms with E-state index in [1.165, 1.54) is 6.07 Å². The molecule has 1 aromatic carbocycles. The molecule has 2 amide bonds. The smallest absolute Gasteiger partial charge is 0.322 e. The molecule has 7 heteroatoms. The summed E-state index contributed by atoms with van der Waals surface area (Å²) < 4.78 is 7.37. The first-order valence-corrected chi connectivity index (χ1v) is 8.62. The van der Waals surface area contributed by atoms with Crippen molar-refractivity contribution in [2.75, 3.05) is 18.4 Å². The summed E-state index contributed by atoms with van der Waals surface area (Å²) in [4.78, 5) is 25.6. The number of halogens is 1. The van der Waals surface area contributed by atoms with Crippen molar-refractivity contribution < 1.29 is 9.53 Å². The Morgan fingerprint density at radius 3 is 2.76 bits per heavy atom. The number of nitrogens with zero attached hydrogens (tertiary/aromatic N) is 2. The number of anilines is 1. The molecule has 2 aromatic rings. The van der Waals surface area contributed by atoms with Crippen LogP contribution >= 0.6 is 11.6 Å². The molecule has 25 heavy (non-hydrogen) atoms. The molecule has 1 aliphatic heterocycles. The van der Waals surface area contributed by atoms with Gasteiger partial charge in [0.2, 0.25) is 0 Å². The van der Waals surface area contributed by atoms with Gasteiger partial charge in [0.15, 0.2) is 0 Å². The number of pyridine rings is 1. The Kier molecular flexibility index (Phi) is 5.28.